The maximum absolute atomic E-state index is 5.60. The first-order valence-corrected chi connectivity index (χ1v) is 7.07. The highest BCUT2D eigenvalue weighted by Gasteiger charge is 2.13. The van der Waals surface area contributed by atoms with Crippen molar-refractivity contribution in [3.63, 3.8) is 0 Å². The molecule has 1 unspecified atom stereocenters. The lowest BCUT2D eigenvalue weighted by Crippen LogP contribution is -2.37. The zero-order chi connectivity index (χ0) is 13.8. The van der Waals surface area contributed by atoms with Gasteiger partial charge in [-0.05, 0) is 30.7 Å². The highest BCUT2D eigenvalue weighted by Crippen LogP contribution is 2.14. The Morgan fingerprint density at radius 1 is 1.25 bits per heavy atom. The summed E-state index contributed by atoms with van der Waals surface area (Å²) in [7, 11) is 0. The molecule has 2 heterocycles. The molecule has 1 saturated heterocycles. The molecule has 0 radical (unpaired) electrons. The summed E-state index contributed by atoms with van der Waals surface area (Å²) < 4.78 is 11.0. The van der Waals surface area contributed by atoms with E-state index < -0.39 is 0 Å². The summed E-state index contributed by atoms with van der Waals surface area (Å²) in [6, 6.07) is 10.6. The molecule has 4 nitrogen and oxygen atoms in total. The molecule has 3 rings (SSSR count). The smallest absolute Gasteiger partial charge is 0.0933 e. The molecular weight excluding hydrogens is 252 g/mol. The Labute approximate surface area is 119 Å². The second-order valence-corrected chi connectivity index (χ2v) is 5.18. The molecule has 1 atom stereocenters. The minimum absolute atomic E-state index is 0.175. The molecular formula is C16H20N2O2. The van der Waals surface area contributed by atoms with Gasteiger partial charge in [-0.2, -0.15) is 0 Å². The number of nitrogens with one attached hydrogen (secondary N) is 1. The molecule has 1 aliphatic heterocycles. The summed E-state index contributed by atoms with van der Waals surface area (Å²) in [6.07, 6.45) is 0.175. The first-order valence-electron chi connectivity index (χ1n) is 7.07. The van der Waals surface area contributed by atoms with Crippen LogP contribution in [0.2, 0.25) is 0 Å². The zero-order valence-electron chi connectivity index (χ0n) is 11.8. The van der Waals surface area contributed by atoms with Crippen LogP contribution < -0.4 is 5.32 Å². The van der Waals surface area contributed by atoms with Crippen LogP contribution in [0, 0.1) is 6.92 Å². The third-order valence-electron chi connectivity index (χ3n) is 3.48. The van der Waals surface area contributed by atoms with E-state index >= 15 is 0 Å². The quantitative estimate of drug-likeness (QED) is 0.925. The van der Waals surface area contributed by atoms with E-state index in [0.717, 1.165) is 24.3 Å². The second-order valence-electron chi connectivity index (χ2n) is 5.18. The van der Waals surface area contributed by atoms with Crippen molar-refractivity contribution in [2.24, 2.45) is 0 Å². The molecule has 1 aliphatic rings. The fraction of sp³-hybridized carbons (Fsp3) is 0.438. The van der Waals surface area contributed by atoms with E-state index in [2.05, 4.69) is 34.6 Å². The lowest BCUT2D eigenvalue weighted by Gasteiger charge is -2.23. The molecule has 20 heavy (non-hydrogen) atoms. The van der Waals surface area contributed by atoms with E-state index in [-0.39, 0.29) is 6.10 Å². The van der Waals surface area contributed by atoms with Crippen LogP contribution in [0.1, 0.15) is 11.3 Å². The molecule has 0 aliphatic carbocycles. The lowest BCUT2D eigenvalue weighted by molar-refractivity contribution is -0.0864. The third-order valence-corrected chi connectivity index (χ3v) is 3.48. The largest absolute Gasteiger partial charge is 0.376 e. The monoisotopic (exact) mass is 272 g/mol. The number of fused-ring (bicyclic) bond motifs is 1. The molecule has 0 bridgehead atoms. The minimum atomic E-state index is 0.175. The van der Waals surface area contributed by atoms with Gasteiger partial charge in [-0.1, -0.05) is 12.1 Å². The Bertz CT molecular complexity index is 580. The van der Waals surface area contributed by atoms with E-state index in [4.69, 9.17) is 9.47 Å². The van der Waals surface area contributed by atoms with Gasteiger partial charge >= 0.3 is 0 Å². The number of pyridine rings is 1. The number of benzene rings is 1. The SMILES string of the molecule is Cc1ccc2cc(CNCC3COCCO3)ccc2n1. The maximum Gasteiger partial charge on any atom is 0.0933 e. The van der Waals surface area contributed by atoms with Crippen LogP contribution in [0.3, 0.4) is 0 Å². The van der Waals surface area contributed by atoms with Gasteiger partial charge in [0.1, 0.15) is 0 Å². The summed E-state index contributed by atoms with van der Waals surface area (Å²) in [5, 5.41) is 4.61. The molecule has 1 aromatic carbocycles. The van der Waals surface area contributed by atoms with Gasteiger partial charge < -0.3 is 14.8 Å². The van der Waals surface area contributed by atoms with Gasteiger partial charge in [0.05, 0.1) is 31.4 Å². The fourth-order valence-electron chi connectivity index (χ4n) is 2.42. The van der Waals surface area contributed by atoms with Crippen molar-refractivity contribution >= 4 is 10.9 Å². The van der Waals surface area contributed by atoms with Crippen LogP contribution in [0.15, 0.2) is 30.3 Å². The van der Waals surface area contributed by atoms with Crippen LogP contribution >= 0.6 is 0 Å². The predicted molar refractivity (Wildman–Crippen MR) is 78.7 cm³/mol. The van der Waals surface area contributed by atoms with Gasteiger partial charge in [0.2, 0.25) is 0 Å². The Morgan fingerprint density at radius 2 is 2.20 bits per heavy atom. The minimum Gasteiger partial charge on any atom is -0.376 e. The Morgan fingerprint density at radius 3 is 3.05 bits per heavy atom. The number of nitrogens with zero attached hydrogens (tertiary/aromatic N) is 1. The number of hydrogen-bond acceptors (Lipinski definition) is 4. The van der Waals surface area contributed by atoms with Crippen LogP contribution in [0.5, 0.6) is 0 Å². The lowest BCUT2D eigenvalue weighted by atomic mass is 10.1. The van der Waals surface area contributed by atoms with Crippen molar-refractivity contribution < 1.29 is 9.47 Å². The average molecular weight is 272 g/mol. The van der Waals surface area contributed by atoms with Gasteiger partial charge in [0.25, 0.3) is 0 Å². The molecule has 1 fully saturated rings. The van der Waals surface area contributed by atoms with Crippen molar-refractivity contribution in [1.82, 2.24) is 10.3 Å². The van der Waals surface area contributed by atoms with Gasteiger partial charge in [0.15, 0.2) is 0 Å². The highest BCUT2D eigenvalue weighted by atomic mass is 16.6. The fourth-order valence-corrected chi connectivity index (χ4v) is 2.42. The Kier molecular flexibility index (Phi) is 4.25. The number of ether oxygens (including phenoxy) is 2. The van der Waals surface area contributed by atoms with Crippen molar-refractivity contribution in [2.75, 3.05) is 26.4 Å². The Balaban J connectivity index is 1.58. The van der Waals surface area contributed by atoms with Crippen molar-refractivity contribution in [1.29, 1.82) is 0 Å². The summed E-state index contributed by atoms with van der Waals surface area (Å²) >= 11 is 0. The predicted octanol–water partition coefficient (Wildman–Crippen LogP) is 2.05. The zero-order valence-corrected chi connectivity index (χ0v) is 11.8. The number of hydrogen-bond donors (Lipinski definition) is 1. The molecule has 106 valence electrons. The summed E-state index contributed by atoms with van der Waals surface area (Å²) in [5.74, 6) is 0. The molecule has 1 N–H and O–H groups in total. The molecule has 0 spiro atoms. The van der Waals surface area contributed by atoms with Gasteiger partial charge in [0, 0.05) is 24.2 Å². The van der Waals surface area contributed by atoms with E-state index in [0.29, 0.717) is 19.8 Å². The molecule has 2 aromatic rings. The molecule has 1 aromatic heterocycles. The van der Waals surface area contributed by atoms with Crippen LogP contribution in [0.25, 0.3) is 10.9 Å². The van der Waals surface area contributed by atoms with Gasteiger partial charge in [-0.25, -0.2) is 0 Å². The van der Waals surface area contributed by atoms with E-state index in [1.54, 1.807) is 0 Å². The first-order chi connectivity index (χ1) is 9.81. The van der Waals surface area contributed by atoms with Crippen LogP contribution in [-0.2, 0) is 16.0 Å². The van der Waals surface area contributed by atoms with Crippen molar-refractivity contribution in [2.45, 2.75) is 19.6 Å². The van der Waals surface area contributed by atoms with Gasteiger partial charge in [-0.15, -0.1) is 0 Å². The van der Waals surface area contributed by atoms with E-state index in [1.807, 2.05) is 13.0 Å². The topological polar surface area (TPSA) is 43.4 Å². The van der Waals surface area contributed by atoms with Crippen LogP contribution in [-0.4, -0.2) is 37.5 Å². The Hall–Kier alpha value is -1.49. The first kappa shape index (κ1) is 13.5. The summed E-state index contributed by atoms with van der Waals surface area (Å²) in [4.78, 5) is 4.51. The van der Waals surface area contributed by atoms with Crippen LogP contribution in [0.4, 0.5) is 0 Å². The molecule has 0 amide bonds. The van der Waals surface area contributed by atoms with Gasteiger partial charge in [-0.3, -0.25) is 4.98 Å². The average Bonchev–Trinajstić information content (AvgIpc) is 2.48. The normalized spacial score (nSPS) is 19.4. The van der Waals surface area contributed by atoms with Crippen molar-refractivity contribution in [3.8, 4) is 0 Å². The molecule has 0 saturated carbocycles. The number of aryl methyl sites for hydroxylation is 1. The standard InChI is InChI=1S/C16H20N2O2/c1-12-2-4-14-8-13(3-5-16(14)18-12)9-17-10-15-11-19-6-7-20-15/h2-5,8,15,17H,6-7,9-11H2,1H3. The summed E-state index contributed by atoms with van der Waals surface area (Å²) in [6.45, 7) is 5.78. The highest BCUT2D eigenvalue weighted by molar-refractivity contribution is 5.79. The third kappa shape index (κ3) is 3.33. The van der Waals surface area contributed by atoms with E-state index in [9.17, 15) is 0 Å². The second kappa shape index (κ2) is 6.31. The van der Waals surface area contributed by atoms with E-state index in [1.165, 1.54) is 10.9 Å². The van der Waals surface area contributed by atoms with Crippen molar-refractivity contribution in [3.05, 3.63) is 41.6 Å². The summed E-state index contributed by atoms with van der Waals surface area (Å²) in [5.41, 5.74) is 3.37. The number of rotatable bonds is 4. The number of aromatic nitrogens is 1. The molecule has 4 heteroatoms. The maximum atomic E-state index is 5.60.